The summed E-state index contributed by atoms with van der Waals surface area (Å²) in [5.41, 5.74) is 2.69. The van der Waals surface area contributed by atoms with E-state index >= 15 is 0 Å². The quantitative estimate of drug-likeness (QED) is 0.194. The lowest BCUT2D eigenvalue weighted by molar-refractivity contribution is 0.0940. The van der Waals surface area contributed by atoms with E-state index < -0.39 is 6.04 Å². The maximum atomic E-state index is 14.0. The first-order valence-electron chi connectivity index (χ1n) is 14.7. The molecule has 2 heterocycles. The minimum Gasteiger partial charge on any atom is -0.493 e. The van der Waals surface area contributed by atoms with Crippen LogP contribution < -0.4 is 20.7 Å². The first-order valence-corrected chi connectivity index (χ1v) is 14.7. The third kappa shape index (κ3) is 7.18. The van der Waals surface area contributed by atoms with Crippen molar-refractivity contribution in [1.82, 2.24) is 16.0 Å². The zero-order valence-corrected chi connectivity index (χ0v) is 24.1. The lowest BCUT2D eigenvalue weighted by Gasteiger charge is -2.25. The van der Waals surface area contributed by atoms with Gasteiger partial charge in [0.25, 0.3) is 11.8 Å². The molecule has 220 valence electrons. The minimum absolute atomic E-state index is 0.215. The highest BCUT2D eigenvalue weighted by atomic mass is 19.1. The van der Waals surface area contributed by atoms with Crippen LogP contribution in [0.15, 0.2) is 77.4 Å². The average Bonchev–Trinajstić information content (AvgIpc) is 3.44. The van der Waals surface area contributed by atoms with Crippen LogP contribution in [0, 0.1) is 11.7 Å². The van der Waals surface area contributed by atoms with Crippen LogP contribution in [-0.4, -0.2) is 37.6 Å². The number of amides is 2. The molecule has 1 fully saturated rings. The van der Waals surface area contributed by atoms with E-state index in [9.17, 15) is 14.0 Å². The molecule has 2 amide bonds. The molecule has 1 aliphatic rings. The molecule has 2 atom stereocenters. The Bertz CT molecular complexity index is 1510. The maximum absolute atomic E-state index is 14.0. The van der Waals surface area contributed by atoms with Crippen molar-refractivity contribution in [3.8, 4) is 5.75 Å². The number of hydrogen-bond donors (Lipinski definition) is 3. The SMILES string of the molecule is CC(C)CNC(=O)c1ccc(OCCC2CCCCN2)c(C(NC(=O)c2coc3ccccc23)c2ccc(F)cc2)c1. The summed E-state index contributed by atoms with van der Waals surface area (Å²) in [6, 6.07) is 18.2. The first-order chi connectivity index (χ1) is 20.4. The molecular formula is C34H38FN3O4. The number of rotatable bonds is 11. The summed E-state index contributed by atoms with van der Waals surface area (Å²) in [5, 5.41) is 10.3. The van der Waals surface area contributed by atoms with E-state index in [-0.39, 0.29) is 17.6 Å². The van der Waals surface area contributed by atoms with Gasteiger partial charge in [-0.05, 0) is 73.7 Å². The smallest absolute Gasteiger partial charge is 0.255 e. The van der Waals surface area contributed by atoms with Crippen molar-refractivity contribution < 1.29 is 23.1 Å². The Balaban J connectivity index is 1.50. The van der Waals surface area contributed by atoms with Gasteiger partial charge in [-0.15, -0.1) is 0 Å². The van der Waals surface area contributed by atoms with E-state index in [1.807, 2.05) is 32.0 Å². The molecule has 4 aromatic rings. The Morgan fingerprint density at radius 1 is 1.05 bits per heavy atom. The molecule has 0 bridgehead atoms. The van der Waals surface area contributed by atoms with Gasteiger partial charge in [-0.25, -0.2) is 4.39 Å². The highest BCUT2D eigenvalue weighted by molar-refractivity contribution is 6.06. The molecular weight excluding hydrogens is 533 g/mol. The normalized spacial score (nSPS) is 15.9. The van der Waals surface area contributed by atoms with Gasteiger partial charge >= 0.3 is 0 Å². The van der Waals surface area contributed by atoms with Gasteiger partial charge in [-0.3, -0.25) is 9.59 Å². The molecule has 1 saturated heterocycles. The van der Waals surface area contributed by atoms with E-state index in [0.29, 0.717) is 64.1 Å². The van der Waals surface area contributed by atoms with E-state index in [1.54, 1.807) is 36.4 Å². The maximum Gasteiger partial charge on any atom is 0.255 e. The van der Waals surface area contributed by atoms with E-state index in [0.717, 1.165) is 19.4 Å². The number of carbonyl (C=O) groups excluding carboxylic acids is 2. The number of ether oxygens (including phenoxy) is 1. The second-order valence-electron chi connectivity index (χ2n) is 11.2. The molecule has 7 nitrogen and oxygen atoms in total. The molecule has 3 N–H and O–H groups in total. The molecule has 2 unspecified atom stereocenters. The molecule has 0 spiro atoms. The number of carbonyl (C=O) groups is 2. The van der Waals surface area contributed by atoms with Crippen LogP contribution in [0.1, 0.15) is 77.4 Å². The number of nitrogens with one attached hydrogen (secondary N) is 3. The Morgan fingerprint density at radius 3 is 2.62 bits per heavy atom. The summed E-state index contributed by atoms with van der Waals surface area (Å²) in [6.45, 7) is 6.08. The summed E-state index contributed by atoms with van der Waals surface area (Å²) >= 11 is 0. The van der Waals surface area contributed by atoms with Crippen LogP contribution in [0.4, 0.5) is 4.39 Å². The molecule has 5 rings (SSSR count). The fourth-order valence-electron chi connectivity index (χ4n) is 5.29. The Hall–Kier alpha value is -4.17. The second-order valence-corrected chi connectivity index (χ2v) is 11.2. The minimum atomic E-state index is -0.729. The van der Waals surface area contributed by atoms with Gasteiger partial charge in [0.15, 0.2) is 0 Å². The molecule has 1 aromatic heterocycles. The summed E-state index contributed by atoms with van der Waals surface area (Å²) in [6.07, 6.45) is 5.77. The fourth-order valence-corrected chi connectivity index (χ4v) is 5.29. The Kier molecular flexibility index (Phi) is 9.54. The molecule has 1 aliphatic heterocycles. The van der Waals surface area contributed by atoms with Gasteiger partial charge in [0.2, 0.25) is 0 Å². The zero-order valence-electron chi connectivity index (χ0n) is 24.1. The molecule has 42 heavy (non-hydrogen) atoms. The van der Waals surface area contributed by atoms with Crippen LogP contribution in [0.2, 0.25) is 0 Å². The fraction of sp³-hybridized carbons (Fsp3) is 0.353. The zero-order chi connectivity index (χ0) is 29.5. The monoisotopic (exact) mass is 571 g/mol. The Labute approximate surface area is 245 Å². The highest BCUT2D eigenvalue weighted by Gasteiger charge is 2.25. The van der Waals surface area contributed by atoms with Gasteiger partial charge in [0.1, 0.15) is 23.4 Å². The molecule has 3 aromatic carbocycles. The van der Waals surface area contributed by atoms with Crippen LogP contribution in [-0.2, 0) is 0 Å². The van der Waals surface area contributed by atoms with Crippen molar-refractivity contribution in [2.75, 3.05) is 19.7 Å². The van der Waals surface area contributed by atoms with Crippen molar-refractivity contribution in [3.05, 3.63) is 101 Å². The predicted molar refractivity (Wildman–Crippen MR) is 161 cm³/mol. The number of fused-ring (bicyclic) bond motifs is 1. The van der Waals surface area contributed by atoms with Crippen molar-refractivity contribution in [2.24, 2.45) is 5.92 Å². The van der Waals surface area contributed by atoms with Crippen molar-refractivity contribution in [3.63, 3.8) is 0 Å². The van der Waals surface area contributed by atoms with E-state index in [1.165, 1.54) is 31.2 Å². The largest absolute Gasteiger partial charge is 0.493 e. The van der Waals surface area contributed by atoms with E-state index in [4.69, 9.17) is 9.15 Å². The van der Waals surface area contributed by atoms with Crippen molar-refractivity contribution >= 4 is 22.8 Å². The van der Waals surface area contributed by atoms with Crippen LogP contribution in [0.5, 0.6) is 5.75 Å². The lowest BCUT2D eigenvalue weighted by Crippen LogP contribution is -2.35. The first kappa shape index (κ1) is 29.3. The topological polar surface area (TPSA) is 92.6 Å². The molecule has 0 radical (unpaired) electrons. The number of furan rings is 1. The van der Waals surface area contributed by atoms with Crippen LogP contribution in [0.25, 0.3) is 11.0 Å². The molecule has 8 heteroatoms. The van der Waals surface area contributed by atoms with E-state index in [2.05, 4.69) is 16.0 Å². The summed E-state index contributed by atoms with van der Waals surface area (Å²) < 4.78 is 25.9. The standard InChI is InChI=1S/C34H38FN3O4/c1-22(2)20-37-33(39)24-12-15-31(41-18-16-26-7-5-6-17-36-26)28(19-24)32(23-10-13-25(35)14-11-23)38-34(40)29-21-42-30-9-4-3-8-27(29)30/h3-4,8-15,19,21-22,26,32,36H,5-7,16-18,20H2,1-2H3,(H,37,39)(H,38,40). The lowest BCUT2D eigenvalue weighted by atomic mass is 9.95. The number of para-hydroxylation sites is 1. The van der Waals surface area contributed by atoms with Gasteiger partial charge in [-0.1, -0.05) is 50.6 Å². The van der Waals surface area contributed by atoms with Crippen molar-refractivity contribution in [2.45, 2.75) is 51.6 Å². The van der Waals surface area contributed by atoms with Crippen LogP contribution in [0.3, 0.4) is 0 Å². The van der Waals surface area contributed by atoms with Crippen LogP contribution >= 0.6 is 0 Å². The number of hydrogen-bond acceptors (Lipinski definition) is 5. The average molecular weight is 572 g/mol. The third-order valence-electron chi connectivity index (χ3n) is 7.59. The summed E-state index contributed by atoms with van der Waals surface area (Å²) in [7, 11) is 0. The third-order valence-corrected chi connectivity index (χ3v) is 7.59. The van der Waals surface area contributed by atoms with Gasteiger partial charge in [0, 0.05) is 29.1 Å². The van der Waals surface area contributed by atoms with Gasteiger partial charge in [-0.2, -0.15) is 0 Å². The number of piperidine rings is 1. The number of benzene rings is 3. The number of halogens is 1. The predicted octanol–water partition coefficient (Wildman–Crippen LogP) is 6.39. The van der Waals surface area contributed by atoms with Crippen molar-refractivity contribution in [1.29, 1.82) is 0 Å². The Morgan fingerprint density at radius 2 is 1.86 bits per heavy atom. The highest BCUT2D eigenvalue weighted by Crippen LogP contribution is 2.33. The van der Waals surface area contributed by atoms with Gasteiger partial charge < -0.3 is 25.1 Å². The van der Waals surface area contributed by atoms with Gasteiger partial charge in [0.05, 0.1) is 18.2 Å². The molecule has 0 aliphatic carbocycles. The molecule has 0 saturated carbocycles. The second kappa shape index (κ2) is 13.7. The summed E-state index contributed by atoms with van der Waals surface area (Å²) in [5.74, 6) is -0.115. The summed E-state index contributed by atoms with van der Waals surface area (Å²) in [4.78, 5) is 26.8.